The van der Waals surface area contributed by atoms with E-state index in [9.17, 15) is 9.90 Å². The molecule has 0 bridgehead atoms. The average molecular weight is 212 g/mol. The van der Waals surface area contributed by atoms with E-state index in [4.69, 9.17) is 0 Å². The third kappa shape index (κ3) is 4.78. The molecule has 1 aliphatic rings. The van der Waals surface area contributed by atoms with E-state index >= 15 is 0 Å². The smallest absolute Gasteiger partial charge is 0.123 e. The van der Waals surface area contributed by atoms with Crippen molar-refractivity contribution in [3.8, 4) is 0 Å². The molecule has 0 heterocycles. The van der Waals surface area contributed by atoms with Crippen molar-refractivity contribution in [1.82, 2.24) is 0 Å². The summed E-state index contributed by atoms with van der Waals surface area (Å²) in [5.74, 6) is 0.874. The zero-order chi connectivity index (χ0) is 11.3. The molecule has 1 aliphatic carbocycles. The topological polar surface area (TPSA) is 37.3 Å². The van der Waals surface area contributed by atoms with Gasteiger partial charge in [-0.05, 0) is 45.4 Å². The molecule has 1 fully saturated rings. The van der Waals surface area contributed by atoms with Gasteiger partial charge in [0.15, 0.2) is 0 Å². The number of carbonyl (C=O) groups is 1. The van der Waals surface area contributed by atoms with Crippen LogP contribution in [0, 0.1) is 11.8 Å². The first-order valence-electron chi connectivity index (χ1n) is 6.20. The Morgan fingerprint density at radius 3 is 2.60 bits per heavy atom. The lowest BCUT2D eigenvalue weighted by atomic mass is 9.77. The number of carbonyl (C=O) groups excluding carboxylic acids is 1. The zero-order valence-corrected chi connectivity index (χ0v) is 10.0. The number of rotatable bonds is 5. The molecule has 0 aliphatic heterocycles. The van der Waals surface area contributed by atoms with Crippen LogP contribution >= 0.6 is 0 Å². The highest BCUT2D eigenvalue weighted by molar-refractivity contribution is 5.54. The largest absolute Gasteiger partial charge is 0.390 e. The van der Waals surface area contributed by atoms with E-state index in [0.717, 1.165) is 32.0 Å². The fourth-order valence-corrected chi connectivity index (χ4v) is 2.57. The van der Waals surface area contributed by atoms with E-state index in [0.29, 0.717) is 11.8 Å². The number of hydrogen-bond acceptors (Lipinski definition) is 2. The van der Waals surface area contributed by atoms with Crippen molar-refractivity contribution in [1.29, 1.82) is 0 Å². The normalized spacial score (nSPS) is 27.7. The van der Waals surface area contributed by atoms with Gasteiger partial charge in [0.05, 0.1) is 5.60 Å². The molecule has 1 N–H and O–H groups in total. The lowest BCUT2D eigenvalue weighted by molar-refractivity contribution is -0.113. The van der Waals surface area contributed by atoms with Crippen LogP contribution < -0.4 is 0 Å². The molecule has 15 heavy (non-hydrogen) atoms. The zero-order valence-electron chi connectivity index (χ0n) is 10.0. The van der Waals surface area contributed by atoms with Crippen molar-refractivity contribution in [2.75, 3.05) is 0 Å². The Morgan fingerprint density at radius 1 is 1.33 bits per heavy atom. The summed E-state index contributed by atoms with van der Waals surface area (Å²) in [6.07, 6.45) is 8.91. The Labute approximate surface area is 93.1 Å². The summed E-state index contributed by atoms with van der Waals surface area (Å²) in [6.45, 7) is 3.70. The summed E-state index contributed by atoms with van der Waals surface area (Å²) < 4.78 is 0. The highest BCUT2D eigenvalue weighted by Crippen LogP contribution is 2.32. The summed E-state index contributed by atoms with van der Waals surface area (Å²) in [7, 11) is 0. The van der Waals surface area contributed by atoms with Crippen LogP contribution in [0.5, 0.6) is 0 Å². The lowest BCUT2D eigenvalue weighted by Crippen LogP contribution is -2.23. The predicted molar refractivity (Wildman–Crippen MR) is 61.7 cm³/mol. The molecule has 1 rings (SSSR count). The molecule has 0 aromatic carbocycles. The molecule has 0 saturated heterocycles. The molecular formula is C13H24O2. The predicted octanol–water partition coefficient (Wildman–Crippen LogP) is 2.93. The Morgan fingerprint density at radius 2 is 2.00 bits per heavy atom. The van der Waals surface area contributed by atoms with Crippen molar-refractivity contribution in [2.45, 2.75) is 64.4 Å². The van der Waals surface area contributed by atoms with Gasteiger partial charge in [0.25, 0.3) is 0 Å². The average Bonchev–Trinajstić information content (AvgIpc) is 2.16. The minimum absolute atomic E-state index is 0.292. The molecule has 2 unspecified atom stereocenters. The maximum absolute atomic E-state index is 10.9. The van der Waals surface area contributed by atoms with Gasteiger partial charge in [0.1, 0.15) is 6.29 Å². The van der Waals surface area contributed by atoms with Gasteiger partial charge in [0.2, 0.25) is 0 Å². The molecule has 0 aromatic rings. The van der Waals surface area contributed by atoms with Crippen LogP contribution in [-0.2, 0) is 4.79 Å². The number of hydrogen-bond donors (Lipinski definition) is 1. The molecule has 0 spiro atoms. The van der Waals surface area contributed by atoms with Crippen molar-refractivity contribution in [2.24, 2.45) is 11.8 Å². The van der Waals surface area contributed by atoms with Gasteiger partial charge >= 0.3 is 0 Å². The van der Waals surface area contributed by atoms with Crippen LogP contribution in [0.25, 0.3) is 0 Å². The van der Waals surface area contributed by atoms with Crippen molar-refractivity contribution in [3.05, 3.63) is 0 Å². The van der Waals surface area contributed by atoms with Crippen molar-refractivity contribution in [3.63, 3.8) is 0 Å². The summed E-state index contributed by atoms with van der Waals surface area (Å²) >= 11 is 0. The summed E-state index contributed by atoms with van der Waals surface area (Å²) in [5, 5.41) is 9.60. The first-order valence-corrected chi connectivity index (χ1v) is 6.20. The fourth-order valence-electron chi connectivity index (χ4n) is 2.57. The van der Waals surface area contributed by atoms with Crippen LogP contribution in [0.1, 0.15) is 58.8 Å². The summed E-state index contributed by atoms with van der Waals surface area (Å²) in [6, 6.07) is 0. The molecule has 88 valence electrons. The summed E-state index contributed by atoms with van der Waals surface area (Å²) in [5.41, 5.74) is -0.550. The molecule has 0 aromatic heterocycles. The van der Waals surface area contributed by atoms with E-state index in [2.05, 4.69) is 0 Å². The monoisotopic (exact) mass is 212 g/mol. The lowest BCUT2D eigenvalue weighted by Gasteiger charge is -2.28. The SMILES string of the molecule is CC(C)(O)CCCC1CCCCC1C=O. The molecule has 2 heteroatoms. The summed E-state index contributed by atoms with van der Waals surface area (Å²) in [4.78, 5) is 10.9. The van der Waals surface area contributed by atoms with Crippen LogP contribution in [-0.4, -0.2) is 17.0 Å². The van der Waals surface area contributed by atoms with Gasteiger partial charge in [-0.3, -0.25) is 0 Å². The Bertz CT molecular complexity index is 193. The number of aliphatic hydroxyl groups is 1. The molecule has 2 nitrogen and oxygen atoms in total. The van der Waals surface area contributed by atoms with Gasteiger partial charge in [-0.1, -0.05) is 19.3 Å². The second kappa shape index (κ2) is 5.64. The van der Waals surface area contributed by atoms with Crippen LogP contribution in [0.15, 0.2) is 0 Å². The van der Waals surface area contributed by atoms with Crippen LogP contribution in [0.3, 0.4) is 0 Å². The van der Waals surface area contributed by atoms with Crippen LogP contribution in [0.4, 0.5) is 0 Å². The van der Waals surface area contributed by atoms with Crippen molar-refractivity contribution >= 4 is 6.29 Å². The Balaban J connectivity index is 2.26. The molecular weight excluding hydrogens is 188 g/mol. The van der Waals surface area contributed by atoms with E-state index in [1.807, 2.05) is 13.8 Å². The van der Waals surface area contributed by atoms with Gasteiger partial charge in [0, 0.05) is 5.92 Å². The third-order valence-corrected chi connectivity index (χ3v) is 3.51. The van der Waals surface area contributed by atoms with E-state index in [-0.39, 0.29) is 0 Å². The third-order valence-electron chi connectivity index (χ3n) is 3.51. The van der Waals surface area contributed by atoms with Gasteiger partial charge in [-0.25, -0.2) is 0 Å². The second-order valence-electron chi connectivity index (χ2n) is 5.55. The van der Waals surface area contributed by atoms with Gasteiger partial charge in [-0.15, -0.1) is 0 Å². The van der Waals surface area contributed by atoms with E-state index in [1.165, 1.54) is 19.3 Å². The fraction of sp³-hybridized carbons (Fsp3) is 0.923. The maximum atomic E-state index is 10.9. The molecule has 2 atom stereocenters. The second-order valence-corrected chi connectivity index (χ2v) is 5.55. The minimum Gasteiger partial charge on any atom is -0.390 e. The van der Waals surface area contributed by atoms with Crippen molar-refractivity contribution < 1.29 is 9.90 Å². The quantitative estimate of drug-likeness (QED) is 0.711. The Hall–Kier alpha value is -0.370. The molecule has 0 radical (unpaired) electrons. The van der Waals surface area contributed by atoms with Gasteiger partial charge in [-0.2, -0.15) is 0 Å². The molecule has 0 amide bonds. The van der Waals surface area contributed by atoms with E-state index < -0.39 is 5.60 Å². The standard InChI is InChI=1S/C13H24O2/c1-13(2,15)9-5-8-11-6-3-4-7-12(11)10-14/h10-12,15H,3-9H2,1-2H3. The van der Waals surface area contributed by atoms with Gasteiger partial charge < -0.3 is 9.90 Å². The first kappa shape index (κ1) is 12.7. The highest BCUT2D eigenvalue weighted by atomic mass is 16.3. The minimum atomic E-state index is -0.550. The Kier molecular flexibility index (Phi) is 4.78. The number of aldehydes is 1. The first-order chi connectivity index (χ1) is 7.03. The maximum Gasteiger partial charge on any atom is 0.123 e. The van der Waals surface area contributed by atoms with E-state index in [1.54, 1.807) is 0 Å². The highest BCUT2D eigenvalue weighted by Gasteiger charge is 2.24. The van der Waals surface area contributed by atoms with Crippen LogP contribution in [0.2, 0.25) is 0 Å². The molecule has 1 saturated carbocycles.